The van der Waals surface area contributed by atoms with Crippen molar-refractivity contribution in [1.29, 1.82) is 0 Å². The van der Waals surface area contributed by atoms with E-state index in [2.05, 4.69) is 10.6 Å². The summed E-state index contributed by atoms with van der Waals surface area (Å²) in [5, 5.41) is 34.1. The van der Waals surface area contributed by atoms with Gasteiger partial charge in [0.05, 0.1) is 24.9 Å². The van der Waals surface area contributed by atoms with Gasteiger partial charge in [-0.3, -0.25) is 19.2 Å². The third-order valence-corrected chi connectivity index (χ3v) is 4.98. The van der Waals surface area contributed by atoms with Crippen LogP contribution in [-0.4, -0.2) is 82.2 Å². The first kappa shape index (κ1) is 25.7. The first-order valence-electron chi connectivity index (χ1n) is 9.53. The Labute approximate surface area is 173 Å². The van der Waals surface area contributed by atoms with E-state index in [1.165, 1.54) is 0 Å². The Morgan fingerprint density at radius 3 is 2.27 bits per heavy atom. The highest BCUT2D eigenvalue weighted by Crippen LogP contribution is 2.24. The summed E-state index contributed by atoms with van der Waals surface area (Å²) >= 11 is 0. The minimum absolute atomic E-state index is 0.0163. The van der Waals surface area contributed by atoms with Gasteiger partial charge in [-0.1, -0.05) is 6.92 Å². The zero-order valence-electron chi connectivity index (χ0n) is 16.7. The molecule has 0 saturated carbocycles. The summed E-state index contributed by atoms with van der Waals surface area (Å²) in [6.45, 7) is 1.19. The minimum Gasteiger partial charge on any atom is -0.394 e. The van der Waals surface area contributed by atoms with Crippen LogP contribution in [-0.2, 0) is 23.9 Å². The quantitative estimate of drug-likeness (QED) is 0.156. The van der Waals surface area contributed by atoms with Crippen LogP contribution < -0.4 is 27.8 Å². The van der Waals surface area contributed by atoms with Crippen molar-refractivity contribution in [3.63, 3.8) is 0 Å². The lowest BCUT2D eigenvalue weighted by Gasteiger charge is -2.41. The lowest BCUT2D eigenvalue weighted by Crippen LogP contribution is -2.61. The predicted molar refractivity (Wildman–Crippen MR) is 102 cm³/mol. The molecule has 1 fully saturated rings. The number of ether oxygens (including phenoxy) is 1. The number of carbonyl (C=O) groups is 4. The van der Waals surface area contributed by atoms with Gasteiger partial charge in [0.25, 0.3) is 0 Å². The molecule has 0 radical (unpaired) electrons. The molecule has 13 heteroatoms. The largest absolute Gasteiger partial charge is 0.394 e. The van der Waals surface area contributed by atoms with Gasteiger partial charge in [0.1, 0.15) is 12.1 Å². The molecular formula is C17H31N5O8. The van der Waals surface area contributed by atoms with Crippen LogP contribution in [0.4, 0.5) is 0 Å². The smallest absolute Gasteiger partial charge is 0.240 e. The maximum absolute atomic E-state index is 12.2. The standard InChI is InChI=1S/C17H31N5O8/c1-7-10(6-23)30-17(29)13(14(7)26)22-12(25)5-3-9(15(20)27)21-16(28)8(18)2-4-11(19)24/h7-10,13-14,17,23,26,29H,2-6,18H2,1H3,(H2,19,24)(H2,20,27)(H,21,28)(H,22,25). The lowest BCUT2D eigenvalue weighted by atomic mass is 9.89. The minimum atomic E-state index is -1.54. The number of hydrogen-bond donors (Lipinski definition) is 8. The van der Waals surface area contributed by atoms with Crippen LogP contribution in [0.5, 0.6) is 0 Å². The van der Waals surface area contributed by atoms with E-state index in [0.29, 0.717) is 0 Å². The summed E-state index contributed by atoms with van der Waals surface area (Å²) in [6.07, 6.45) is -4.05. The molecule has 0 bridgehead atoms. The van der Waals surface area contributed by atoms with Gasteiger partial charge in [-0.25, -0.2) is 0 Å². The molecule has 4 amide bonds. The lowest BCUT2D eigenvalue weighted by molar-refractivity contribution is -0.235. The van der Waals surface area contributed by atoms with Gasteiger partial charge in [-0.15, -0.1) is 0 Å². The fraction of sp³-hybridized carbons (Fsp3) is 0.765. The average Bonchev–Trinajstić information content (AvgIpc) is 2.68. The van der Waals surface area contributed by atoms with E-state index in [0.717, 1.165) is 0 Å². The normalized spacial score (nSPS) is 28.2. The first-order valence-corrected chi connectivity index (χ1v) is 9.53. The Morgan fingerprint density at radius 1 is 1.10 bits per heavy atom. The number of carbonyl (C=O) groups excluding carboxylic acids is 4. The summed E-state index contributed by atoms with van der Waals surface area (Å²) in [5.41, 5.74) is 15.9. The van der Waals surface area contributed by atoms with Crippen molar-refractivity contribution in [2.75, 3.05) is 6.61 Å². The number of nitrogens with one attached hydrogen (secondary N) is 2. The average molecular weight is 433 g/mol. The van der Waals surface area contributed by atoms with Crippen molar-refractivity contribution in [2.45, 2.75) is 69.2 Å². The van der Waals surface area contributed by atoms with Gasteiger partial charge < -0.3 is 47.9 Å². The van der Waals surface area contributed by atoms with E-state index >= 15 is 0 Å². The third kappa shape index (κ3) is 7.50. The number of hydrogen-bond acceptors (Lipinski definition) is 9. The molecule has 1 aliphatic rings. The van der Waals surface area contributed by atoms with Gasteiger partial charge in [0.15, 0.2) is 6.29 Å². The van der Waals surface area contributed by atoms with E-state index < -0.39 is 72.8 Å². The van der Waals surface area contributed by atoms with E-state index in [-0.39, 0.29) is 25.7 Å². The molecule has 0 aromatic rings. The molecule has 11 N–H and O–H groups in total. The molecule has 7 unspecified atom stereocenters. The molecule has 0 aliphatic carbocycles. The Kier molecular flexibility index (Phi) is 10.1. The Balaban J connectivity index is 2.58. The van der Waals surface area contributed by atoms with Crippen LogP contribution in [0.2, 0.25) is 0 Å². The Morgan fingerprint density at radius 2 is 1.73 bits per heavy atom. The molecule has 7 atom stereocenters. The topological polar surface area (TPSA) is 240 Å². The zero-order chi connectivity index (χ0) is 23.0. The van der Waals surface area contributed by atoms with Crippen LogP contribution in [0.15, 0.2) is 0 Å². The Hall–Kier alpha value is -2.32. The van der Waals surface area contributed by atoms with E-state index in [1.54, 1.807) is 6.92 Å². The van der Waals surface area contributed by atoms with Crippen molar-refractivity contribution >= 4 is 23.6 Å². The van der Waals surface area contributed by atoms with Crippen molar-refractivity contribution in [1.82, 2.24) is 10.6 Å². The van der Waals surface area contributed by atoms with Crippen LogP contribution in [0, 0.1) is 5.92 Å². The second-order valence-electron chi connectivity index (χ2n) is 7.30. The number of amides is 4. The van der Waals surface area contributed by atoms with Crippen LogP contribution in [0.3, 0.4) is 0 Å². The van der Waals surface area contributed by atoms with Gasteiger partial charge in [-0.05, 0) is 12.8 Å². The molecule has 1 heterocycles. The molecule has 1 saturated heterocycles. The van der Waals surface area contributed by atoms with E-state index in [9.17, 15) is 34.5 Å². The molecule has 0 spiro atoms. The molecule has 13 nitrogen and oxygen atoms in total. The highest BCUT2D eigenvalue weighted by atomic mass is 16.6. The number of rotatable bonds is 11. The predicted octanol–water partition coefficient (Wildman–Crippen LogP) is -4.48. The van der Waals surface area contributed by atoms with Gasteiger partial charge >= 0.3 is 0 Å². The monoisotopic (exact) mass is 433 g/mol. The van der Waals surface area contributed by atoms with E-state index in [1.807, 2.05) is 0 Å². The molecule has 1 rings (SSSR count). The van der Waals surface area contributed by atoms with E-state index in [4.69, 9.17) is 21.9 Å². The van der Waals surface area contributed by atoms with Crippen molar-refractivity contribution in [2.24, 2.45) is 23.1 Å². The maximum Gasteiger partial charge on any atom is 0.240 e. The van der Waals surface area contributed by atoms with Gasteiger partial charge in [0, 0.05) is 18.8 Å². The number of aliphatic hydroxyl groups excluding tert-OH is 3. The molecule has 0 aromatic carbocycles. The highest BCUT2D eigenvalue weighted by molar-refractivity contribution is 5.89. The molecule has 30 heavy (non-hydrogen) atoms. The van der Waals surface area contributed by atoms with Crippen LogP contribution >= 0.6 is 0 Å². The third-order valence-electron chi connectivity index (χ3n) is 4.98. The summed E-state index contributed by atoms with van der Waals surface area (Å²) in [6, 6.07) is -3.42. The summed E-state index contributed by atoms with van der Waals surface area (Å²) in [5.74, 6) is -3.43. The van der Waals surface area contributed by atoms with Crippen LogP contribution in [0.1, 0.15) is 32.6 Å². The summed E-state index contributed by atoms with van der Waals surface area (Å²) in [4.78, 5) is 46.6. The van der Waals surface area contributed by atoms with Crippen molar-refractivity contribution in [3.8, 4) is 0 Å². The van der Waals surface area contributed by atoms with Crippen molar-refractivity contribution in [3.05, 3.63) is 0 Å². The SMILES string of the molecule is CC1C(CO)OC(O)C(NC(=O)CCC(NC(=O)C(N)CCC(N)=O)C(N)=O)C1O. The summed E-state index contributed by atoms with van der Waals surface area (Å²) < 4.78 is 5.17. The maximum atomic E-state index is 12.2. The molecule has 1 aliphatic heterocycles. The van der Waals surface area contributed by atoms with Gasteiger partial charge in [0.2, 0.25) is 23.6 Å². The number of primary amides is 2. The molecular weight excluding hydrogens is 402 g/mol. The van der Waals surface area contributed by atoms with Gasteiger partial charge in [-0.2, -0.15) is 0 Å². The highest BCUT2D eigenvalue weighted by Gasteiger charge is 2.42. The summed E-state index contributed by atoms with van der Waals surface area (Å²) in [7, 11) is 0. The van der Waals surface area contributed by atoms with Crippen LogP contribution in [0.25, 0.3) is 0 Å². The molecule has 0 aromatic heterocycles. The Bertz CT molecular complexity index is 633. The number of aliphatic hydroxyl groups is 3. The molecule has 172 valence electrons. The second kappa shape index (κ2) is 11.8. The fourth-order valence-electron chi connectivity index (χ4n) is 3.00. The fourth-order valence-corrected chi connectivity index (χ4v) is 3.00. The second-order valence-corrected chi connectivity index (χ2v) is 7.30. The zero-order valence-corrected chi connectivity index (χ0v) is 16.7. The first-order chi connectivity index (χ1) is 14.0. The van der Waals surface area contributed by atoms with Crippen molar-refractivity contribution < 1.29 is 39.2 Å². The number of nitrogens with two attached hydrogens (primary N) is 3.